The summed E-state index contributed by atoms with van der Waals surface area (Å²) < 4.78 is 0. The van der Waals surface area contributed by atoms with E-state index in [9.17, 15) is 9.59 Å². The fraction of sp³-hybridized carbons (Fsp3) is 0. The van der Waals surface area contributed by atoms with Crippen molar-refractivity contribution < 1.29 is 9.59 Å². The summed E-state index contributed by atoms with van der Waals surface area (Å²) in [5, 5.41) is 0. The molecule has 0 spiro atoms. The highest BCUT2D eigenvalue weighted by Crippen LogP contribution is 2.14. The van der Waals surface area contributed by atoms with Crippen LogP contribution in [0.3, 0.4) is 0 Å². The lowest BCUT2D eigenvalue weighted by Crippen LogP contribution is -2.14. The Morgan fingerprint density at radius 3 is 0.969 bits per heavy atom. The molecule has 2 heteroatoms. The van der Waals surface area contributed by atoms with Gasteiger partial charge < -0.3 is 0 Å². The van der Waals surface area contributed by atoms with Gasteiger partial charge in [0.15, 0.2) is 0 Å². The summed E-state index contributed by atoms with van der Waals surface area (Å²) in [5.41, 5.74) is 4.91. The van der Waals surface area contributed by atoms with Crippen LogP contribution in [-0.4, -0.2) is 11.6 Å². The third kappa shape index (κ3) is 5.44. The predicted molar refractivity (Wildman–Crippen MR) is 132 cm³/mol. The maximum absolute atomic E-state index is 12.6. The summed E-state index contributed by atoms with van der Waals surface area (Å²) in [6.07, 6.45) is 7.98. The Hall–Kier alpha value is -4.30. The van der Waals surface area contributed by atoms with Crippen molar-refractivity contribution in [2.24, 2.45) is 0 Å². The quantitative estimate of drug-likeness (QED) is 0.184. The minimum absolute atomic E-state index is 0.389. The summed E-state index contributed by atoms with van der Waals surface area (Å²) in [7, 11) is 0. The number of hydrogen-bond acceptors (Lipinski definition) is 2. The zero-order valence-electron chi connectivity index (χ0n) is 17.5. The zero-order chi connectivity index (χ0) is 22.2. The number of carbonyl (C=O) groups is 2. The second-order valence-corrected chi connectivity index (χ2v) is 7.39. The van der Waals surface area contributed by atoms with E-state index in [1.54, 1.807) is 24.3 Å². The second kappa shape index (κ2) is 10.1. The van der Waals surface area contributed by atoms with Gasteiger partial charge in [-0.15, -0.1) is 0 Å². The maximum atomic E-state index is 12.6. The zero-order valence-corrected chi connectivity index (χ0v) is 17.5. The van der Waals surface area contributed by atoms with E-state index >= 15 is 0 Å². The van der Waals surface area contributed by atoms with Gasteiger partial charge in [0.2, 0.25) is 11.6 Å². The fourth-order valence-electron chi connectivity index (χ4n) is 3.27. The summed E-state index contributed by atoms with van der Waals surface area (Å²) in [5.74, 6) is -1.01. The van der Waals surface area contributed by atoms with Gasteiger partial charge in [0.1, 0.15) is 0 Å². The van der Waals surface area contributed by atoms with Crippen LogP contribution in [0.5, 0.6) is 0 Å². The van der Waals surface area contributed by atoms with Crippen LogP contribution in [0.4, 0.5) is 0 Å². The Morgan fingerprint density at radius 2 is 0.656 bits per heavy atom. The highest BCUT2D eigenvalue weighted by atomic mass is 16.2. The molecule has 4 aromatic rings. The van der Waals surface area contributed by atoms with Gasteiger partial charge in [-0.25, -0.2) is 0 Å². The minimum atomic E-state index is -0.504. The lowest BCUT2D eigenvalue weighted by Gasteiger charge is -2.03. The van der Waals surface area contributed by atoms with Gasteiger partial charge in [0.25, 0.3) is 0 Å². The molecule has 0 aliphatic carbocycles. The first kappa shape index (κ1) is 21.0. The number of ketones is 2. The normalized spacial score (nSPS) is 11.1. The van der Waals surface area contributed by atoms with E-state index in [1.165, 1.54) is 0 Å². The smallest absolute Gasteiger partial charge is 0.233 e. The van der Waals surface area contributed by atoms with Crippen LogP contribution < -0.4 is 0 Å². The Labute approximate surface area is 188 Å². The van der Waals surface area contributed by atoms with Gasteiger partial charge in [-0.3, -0.25) is 9.59 Å². The first-order valence-corrected chi connectivity index (χ1v) is 10.4. The average Bonchev–Trinajstić information content (AvgIpc) is 2.87. The molecule has 2 nitrogen and oxygen atoms in total. The summed E-state index contributed by atoms with van der Waals surface area (Å²) in [4.78, 5) is 25.3. The van der Waals surface area contributed by atoms with Crippen molar-refractivity contribution in [2.45, 2.75) is 0 Å². The average molecular weight is 415 g/mol. The molecule has 0 heterocycles. The fourth-order valence-corrected chi connectivity index (χ4v) is 3.27. The molecule has 0 unspecified atom stereocenters. The van der Waals surface area contributed by atoms with E-state index in [-0.39, 0.29) is 0 Å². The topological polar surface area (TPSA) is 34.1 Å². The third-order valence-corrected chi connectivity index (χ3v) is 5.09. The molecule has 4 rings (SSSR count). The van der Waals surface area contributed by atoms with E-state index in [0.29, 0.717) is 11.1 Å². The Kier molecular flexibility index (Phi) is 6.64. The van der Waals surface area contributed by atoms with Crippen molar-refractivity contribution in [1.29, 1.82) is 0 Å². The molecule has 0 aliphatic rings. The lowest BCUT2D eigenvalue weighted by atomic mass is 9.99. The largest absolute Gasteiger partial charge is 0.285 e. The molecule has 0 atom stereocenters. The van der Waals surface area contributed by atoms with Crippen LogP contribution in [-0.2, 0) is 0 Å². The van der Waals surface area contributed by atoms with Crippen molar-refractivity contribution in [3.63, 3.8) is 0 Å². The number of rotatable bonds is 7. The number of Topliss-reactive ketones (excluding diaryl/α,β-unsaturated/α-hetero) is 2. The molecule has 0 N–H and O–H groups in total. The summed E-state index contributed by atoms with van der Waals surface area (Å²) in [6, 6.07) is 34.2. The van der Waals surface area contributed by atoms with E-state index < -0.39 is 11.6 Å². The van der Waals surface area contributed by atoms with Crippen molar-refractivity contribution >= 4 is 35.9 Å². The molecule has 0 radical (unpaired) electrons. The highest BCUT2D eigenvalue weighted by Gasteiger charge is 2.17. The molecule has 32 heavy (non-hydrogen) atoms. The van der Waals surface area contributed by atoms with E-state index in [0.717, 1.165) is 22.3 Å². The van der Waals surface area contributed by atoms with E-state index in [2.05, 4.69) is 0 Å². The van der Waals surface area contributed by atoms with Gasteiger partial charge in [0, 0.05) is 11.1 Å². The van der Waals surface area contributed by atoms with Gasteiger partial charge in [-0.2, -0.15) is 0 Å². The van der Waals surface area contributed by atoms with Crippen LogP contribution in [0.15, 0.2) is 109 Å². The molecule has 0 saturated carbocycles. The molecule has 0 amide bonds. The van der Waals surface area contributed by atoms with Crippen molar-refractivity contribution in [2.75, 3.05) is 0 Å². The van der Waals surface area contributed by atoms with Crippen molar-refractivity contribution in [1.82, 2.24) is 0 Å². The first-order valence-electron chi connectivity index (χ1n) is 10.4. The Balaban J connectivity index is 1.41. The van der Waals surface area contributed by atoms with Gasteiger partial charge in [0.05, 0.1) is 0 Å². The van der Waals surface area contributed by atoms with E-state index in [4.69, 9.17) is 0 Å². The molecule has 0 aliphatic heterocycles. The Morgan fingerprint density at radius 1 is 0.375 bits per heavy atom. The van der Waals surface area contributed by atoms with Crippen molar-refractivity contribution in [3.8, 4) is 0 Å². The summed E-state index contributed by atoms with van der Waals surface area (Å²) >= 11 is 0. The molecule has 0 bridgehead atoms. The minimum Gasteiger partial charge on any atom is -0.285 e. The molecule has 4 aromatic carbocycles. The lowest BCUT2D eigenvalue weighted by molar-refractivity contribution is 0.0817. The van der Waals surface area contributed by atoms with Crippen LogP contribution in [0.1, 0.15) is 43.0 Å². The molecular formula is C30H22O2. The number of hydrogen-bond donors (Lipinski definition) is 0. The highest BCUT2D eigenvalue weighted by molar-refractivity contribution is 6.49. The third-order valence-electron chi connectivity index (χ3n) is 5.09. The van der Waals surface area contributed by atoms with Gasteiger partial charge >= 0.3 is 0 Å². The molecule has 154 valence electrons. The predicted octanol–water partition coefficient (Wildman–Crippen LogP) is 7.09. The van der Waals surface area contributed by atoms with Crippen LogP contribution in [0.25, 0.3) is 24.3 Å². The molecule has 0 saturated heterocycles. The van der Waals surface area contributed by atoms with Gasteiger partial charge in [-0.05, 0) is 22.3 Å². The standard InChI is InChI=1S/C30H22O2/c31-29(27-19-15-25(16-20-27)13-11-23-7-3-1-4-8-23)30(32)28-21-17-26(18-22-28)14-12-24-9-5-2-6-10-24/h1-22H/b13-11+,14-12+. The van der Waals surface area contributed by atoms with Crippen LogP contribution in [0.2, 0.25) is 0 Å². The molecular weight excluding hydrogens is 392 g/mol. The summed E-state index contributed by atoms with van der Waals surface area (Å²) in [6.45, 7) is 0. The SMILES string of the molecule is O=C(C(=O)c1ccc(/C=C/c2ccccc2)cc1)c1ccc(/C=C/c2ccccc2)cc1. The van der Waals surface area contributed by atoms with Crippen LogP contribution in [0, 0.1) is 0 Å². The van der Waals surface area contributed by atoms with Gasteiger partial charge in [-0.1, -0.05) is 133 Å². The molecule has 0 aromatic heterocycles. The van der Waals surface area contributed by atoms with Crippen LogP contribution >= 0.6 is 0 Å². The first-order chi connectivity index (χ1) is 15.7. The number of carbonyl (C=O) groups excluding carboxylic acids is 2. The maximum Gasteiger partial charge on any atom is 0.233 e. The molecule has 0 fully saturated rings. The van der Waals surface area contributed by atoms with E-state index in [1.807, 2.05) is 109 Å². The second-order valence-electron chi connectivity index (χ2n) is 7.39. The van der Waals surface area contributed by atoms with Crippen molar-refractivity contribution in [3.05, 3.63) is 143 Å². The Bertz CT molecular complexity index is 1150. The number of benzene rings is 4. The monoisotopic (exact) mass is 414 g/mol.